The minimum Gasteiger partial charge on any atom is -0.305 e. The van der Waals surface area contributed by atoms with Gasteiger partial charge in [-0.1, -0.05) is 6.92 Å². The Balaban J connectivity index is 2.44. The van der Waals surface area contributed by atoms with Crippen LogP contribution in [0.25, 0.3) is 0 Å². The molecular formula is C15H15BrF2N2. The molecule has 1 aromatic heterocycles. The lowest BCUT2D eigenvalue weighted by Crippen LogP contribution is -2.24. The van der Waals surface area contributed by atoms with Crippen LogP contribution in [0.5, 0.6) is 0 Å². The lowest BCUT2D eigenvalue weighted by molar-refractivity contribution is 0.552. The molecule has 1 heterocycles. The molecule has 0 aliphatic heterocycles. The van der Waals surface area contributed by atoms with Gasteiger partial charge in [0.1, 0.15) is 11.6 Å². The predicted molar refractivity (Wildman–Crippen MR) is 78.4 cm³/mol. The zero-order valence-electron chi connectivity index (χ0n) is 11.0. The van der Waals surface area contributed by atoms with Crippen LogP contribution in [0.15, 0.2) is 41.0 Å². The van der Waals surface area contributed by atoms with E-state index < -0.39 is 11.6 Å². The molecule has 106 valence electrons. The van der Waals surface area contributed by atoms with Gasteiger partial charge in [-0.25, -0.2) is 8.78 Å². The lowest BCUT2D eigenvalue weighted by Gasteiger charge is -2.20. The summed E-state index contributed by atoms with van der Waals surface area (Å²) in [5, 5.41) is 3.27. The Labute approximate surface area is 125 Å². The van der Waals surface area contributed by atoms with Gasteiger partial charge in [-0.15, -0.1) is 0 Å². The quantitative estimate of drug-likeness (QED) is 0.881. The number of nitrogens with one attached hydrogen (secondary N) is 1. The number of halogens is 3. The molecule has 1 N–H and O–H groups in total. The second kappa shape index (κ2) is 6.90. The Kier molecular flexibility index (Phi) is 5.20. The molecule has 0 aliphatic carbocycles. The third kappa shape index (κ3) is 3.61. The maximum absolute atomic E-state index is 13.4. The summed E-state index contributed by atoms with van der Waals surface area (Å²) in [7, 11) is 0. The summed E-state index contributed by atoms with van der Waals surface area (Å²) in [6.07, 6.45) is 2.58. The average molecular weight is 341 g/mol. The number of hydrogen-bond donors (Lipinski definition) is 1. The van der Waals surface area contributed by atoms with E-state index in [1.165, 1.54) is 12.1 Å². The van der Waals surface area contributed by atoms with Crippen LogP contribution in [0.3, 0.4) is 0 Å². The van der Waals surface area contributed by atoms with Crippen LogP contribution in [0.4, 0.5) is 8.78 Å². The Morgan fingerprint density at radius 2 is 1.95 bits per heavy atom. The SMILES string of the molecule is CCCNC(c1cc(F)cc(F)c1)c1ncccc1Br. The van der Waals surface area contributed by atoms with E-state index in [0.29, 0.717) is 11.3 Å². The van der Waals surface area contributed by atoms with Crippen molar-refractivity contribution in [1.82, 2.24) is 10.3 Å². The van der Waals surface area contributed by atoms with Crippen LogP contribution in [0, 0.1) is 11.6 Å². The van der Waals surface area contributed by atoms with E-state index in [-0.39, 0.29) is 6.04 Å². The van der Waals surface area contributed by atoms with Gasteiger partial charge in [0, 0.05) is 16.7 Å². The maximum Gasteiger partial charge on any atom is 0.126 e. The topological polar surface area (TPSA) is 24.9 Å². The van der Waals surface area contributed by atoms with Crippen molar-refractivity contribution in [3.05, 3.63) is 63.9 Å². The fourth-order valence-electron chi connectivity index (χ4n) is 2.01. The van der Waals surface area contributed by atoms with Crippen LogP contribution >= 0.6 is 15.9 Å². The van der Waals surface area contributed by atoms with Gasteiger partial charge in [0.15, 0.2) is 0 Å². The van der Waals surface area contributed by atoms with E-state index in [9.17, 15) is 8.78 Å². The molecule has 20 heavy (non-hydrogen) atoms. The molecule has 0 saturated carbocycles. The van der Waals surface area contributed by atoms with Gasteiger partial charge in [-0.3, -0.25) is 4.98 Å². The minimum atomic E-state index is -0.588. The Morgan fingerprint density at radius 1 is 1.25 bits per heavy atom. The van der Waals surface area contributed by atoms with Gasteiger partial charge in [-0.05, 0) is 58.7 Å². The highest BCUT2D eigenvalue weighted by molar-refractivity contribution is 9.10. The van der Waals surface area contributed by atoms with Gasteiger partial charge in [0.25, 0.3) is 0 Å². The highest BCUT2D eigenvalue weighted by Crippen LogP contribution is 2.27. The van der Waals surface area contributed by atoms with Crippen molar-refractivity contribution < 1.29 is 8.78 Å². The first-order chi connectivity index (χ1) is 9.61. The molecule has 0 radical (unpaired) electrons. The van der Waals surface area contributed by atoms with Gasteiger partial charge in [0.05, 0.1) is 11.7 Å². The summed E-state index contributed by atoms with van der Waals surface area (Å²) >= 11 is 3.43. The third-order valence-electron chi connectivity index (χ3n) is 2.88. The summed E-state index contributed by atoms with van der Waals surface area (Å²) in [5.74, 6) is -1.18. The first-order valence-corrected chi connectivity index (χ1v) is 7.21. The first kappa shape index (κ1) is 15.1. The number of benzene rings is 1. The summed E-state index contributed by atoms with van der Waals surface area (Å²) in [5.41, 5.74) is 1.24. The summed E-state index contributed by atoms with van der Waals surface area (Å²) in [4.78, 5) is 4.31. The molecule has 0 bridgehead atoms. The Hall–Kier alpha value is -1.33. The van der Waals surface area contributed by atoms with E-state index in [2.05, 4.69) is 26.2 Å². The standard InChI is InChI=1S/C15H15BrF2N2/c1-2-5-19-14(15-13(16)4-3-6-20-15)10-7-11(17)9-12(18)8-10/h3-4,6-9,14,19H,2,5H2,1H3. The molecule has 5 heteroatoms. The number of aromatic nitrogens is 1. The molecule has 0 fully saturated rings. The average Bonchev–Trinajstić information content (AvgIpc) is 2.40. The highest BCUT2D eigenvalue weighted by Gasteiger charge is 2.18. The maximum atomic E-state index is 13.4. The smallest absolute Gasteiger partial charge is 0.126 e. The Bertz CT molecular complexity index is 570. The van der Waals surface area contributed by atoms with Gasteiger partial charge < -0.3 is 5.32 Å². The monoisotopic (exact) mass is 340 g/mol. The largest absolute Gasteiger partial charge is 0.305 e. The van der Waals surface area contributed by atoms with Crippen molar-refractivity contribution in [2.45, 2.75) is 19.4 Å². The van der Waals surface area contributed by atoms with Crippen molar-refractivity contribution >= 4 is 15.9 Å². The van der Waals surface area contributed by atoms with E-state index in [1.807, 2.05) is 13.0 Å². The molecule has 1 aromatic carbocycles. The first-order valence-electron chi connectivity index (χ1n) is 6.41. The van der Waals surface area contributed by atoms with Crippen molar-refractivity contribution in [1.29, 1.82) is 0 Å². The number of nitrogens with zero attached hydrogens (tertiary/aromatic N) is 1. The molecule has 1 unspecified atom stereocenters. The summed E-state index contributed by atoms with van der Waals surface area (Å²) in [6.45, 7) is 2.76. The second-order valence-electron chi connectivity index (χ2n) is 4.46. The van der Waals surface area contributed by atoms with Crippen molar-refractivity contribution in [2.24, 2.45) is 0 Å². The highest BCUT2D eigenvalue weighted by atomic mass is 79.9. The van der Waals surface area contributed by atoms with Crippen LogP contribution in [0.2, 0.25) is 0 Å². The lowest BCUT2D eigenvalue weighted by atomic mass is 10.0. The molecular weight excluding hydrogens is 326 g/mol. The molecule has 0 amide bonds. The van der Waals surface area contributed by atoms with Gasteiger partial charge in [-0.2, -0.15) is 0 Å². The molecule has 0 saturated heterocycles. The second-order valence-corrected chi connectivity index (χ2v) is 5.31. The number of pyridine rings is 1. The fourth-order valence-corrected chi connectivity index (χ4v) is 2.50. The molecule has 0 aliphatic rings. The number of rotatable bonds is 5. The molecule has 0 spiro atoms. The van der Waals surface area contributed by atoms with Crippen molar-refractivity contribution in [3.8, 4) is 0 Å². The van der Waals surface area contributed by atoms with Crippen LogP contribution in [0.1, 0.15) is 30.6 Å². The van der Waals surface area contributed by atoms with E-state index in [0.717, 1.165) is 23.5 Å². The van der Waals surface area contributed by atoms with Crippen LogP contribution in [-0.4, -0.2) is 11.5 Å². The van der Waals surface area contributed by atoms with Crippen LogP contribution in [-0.2, 0) is 0 Å². The normalized spacial score (nSPS) is 12.4. The zero-order valence-corrected chi connectivity index (χ0v) is 12.6. The predicted octanol–water partition coefficient (Wildman–Crippen LogP) is 4.21. The minimum absolute atomic E-state index is 0.351. The number of hydrogen-bond acceptors (Lipinski definition) is 2. The van der Waals surface area contributed by atoms with E-state index in [4.69, 9.17) is 0 Å². The molecule has 2 aromatic rings. The van der Waals surface area contributed by atoms with Crippen molar-refractivity contribution in [2.75, 3.05) is 6.54 Å². The third-order valence-corrected chi connectivity index (χ3v) is 3.55. The molecule has 1 atom stereocenters. The summed E-state index contributed by atoms with van der Waals surface area (Å²) in [6, 6.07) is 6.84. The van der Waals surface area contributed by atoms with Gasteiger partial charge >= 0.3 is 0 Å². The van der Waals surface area contributed by atoms with Crippen LogP contribution < -0.4 is 5.32 Å². The molecule has 2 nitrogen and oxygen atoms in total. The zero-order chi connectivity index (χ0) is 14.5. The Morgan fingerprint density at radius 3 is 2.55 bits per heavy atom. The fraction of sp³-hybridized carbons (Fsp3) is 0.267. The summed E-state index contributed by atoms with van der Waals surface area (Å²) < 4.78 is 27.7. The molecule has 2 rings (SSSR count). The van der Waals surface area contributed by atoms with Crippen molar-refractivity contribution in [3.63, 3.8) is 0 Å². The van der Waals surface area contributed by atoms with Gasteiger partial charge in [0.2, 0.25) is 0 Å². The van der Waals surface area contributed by atoms with E-state index in [1.54, 1.807) is 12.3 Å². The van der Waals surface area contributed by atoms with E-state index >= 15 is 0 Å².